The molecule has 5 nitrogen and oxygen atoms in total. The molecule has 2 heterocycles. The topological polar surface area (TPSA) is 72.2 Å². The number of aliphatic hydroxyl groups is 1. The molecule has 2 unspecified atom stereocenters. The first-order valence-corrected chi connectivity index (χ1v) is 8.23. The van der Waals surface area contributed by atoms with Gasteiger partial charge in [-0.1, -0.05) is 6.92 Å². The lowest BCUT2D eigenvalue weighted by atomic mass is 10.0. The standard InChI is InChI=1S/C12H20N2O3S/c1-2-5-14-6-4-13-12(14)11(15)8-10-3-7-18(16,17)9-10/h4,6,10-11,15H,2-3,5,7-9H2,1H3. The number of rotatable bonds is 5. The number of sulfone groups is 1. The number of aliphatic hydroxyl groups excluding tert-OH is 1. The molecule has 6 heteroatoms. The van der Waals surface area contributed by atoms with Crippen LogP contribution in [0.1, 0.15) is 38.1 Å². The van der Waals surface area contributed by atoms with Crippen molar-refractivity contribution < 1.29 is 13.5 Å². The summed E-state index contributed by atoms with van der Waals surface area (Å²) in [5, 5.41) is 10.2. The highest BCUT2D eigenvalue weighted by molar-refractivity contribution is 7.91. The summed E-state index contributed by atoms with van der Waals surface area (Å²) in [6, 6.07) is 0. The lowest BCUT2D eigenvalue weighted by molar-refractivity contribution is 0.135. The Bertz CT molecular complexity index is 495. The van der Waals surface area contributed by atoms with E-state index < -0.39 is 15.9 Å². The molecule has 1 fully saturated rings. The Morgan fingerprint density at radius 2 is 2.39 bits per heavy atom. The van der Waals surface area contributed by atoms with Gasteiger partial charge in [-0.2, -0.15) is 0 Å². The summed E-state index contributed by atoms with van der Waals surface area (Å²) in [5.41, 5.74) is 0. The summed E-state index contributed by atoms with van der Waals surface area (Å²) in [7, 11) is -2.87. The molecule has 2 atom stereocenters. The van der Waals surface area contributed by atoms with Crippen molar-refractivity contribution in [3.05, 3.63) is 18.2 Å². The van der Waals surface area contributed by atoms with E-state index in [9.17, 15) is 13.5 Å². The quantitative estimate of drug-likeness (QED) is 0.872. The van der Waals surface area contributed by atoms with Crippen molar-refractivity contribution in [1.82, 2.24) is 9.55 Å². The Kier molecular flexibility index (Phi) is 4.07. The van der Waals surface area contributed by atoms with Gasteiger partial charge < -0.3 is 9.67 Å². The van der Waals surface area contributed by atoms with Crippen molar-refractivity contribution in [3.8, 4) is 0 Å². The summed E-state index contributed by atoms with van der Waals surface area (Å²) >= 11 is 0. The maximum absolute atomic E-state index is 11.4. The van der Waals surface area contributed by atoms with Gasteiger partial charge in [-0.25, -0.2) is 13.4 Å². The van der Waals surface area contributed by atoms with Crippen molar-refractivity contribution in [2.45, 2.75) is 38.8 Å². The molecule has 0 bridgehead atoms. The Labute approximate surface area is 108 Å². The zero-order valence-electron chi connectivity index (χ0n) is 10.6. The molecule has 0 aliphatic carbocycles. The van der Waals surface area contributed by atoms with Crippen LogP contribution < -0.4 is 0 Å². The Morgan fingerprint density at radius 3 is 3.00 bits per heavy atom. The molecule has 1 N–H and O–H groups in total. The molecule has 0 spiro atoms. The van der Waals surface area contributed by atoms with E-state index in [2.05, 4.69) is 11.9 Å². The molecule has 1 saturated heterocycles. The van der Waals surface area contributed by atoms with Gasteiger partial charge in [0.1, 0.15) is 11.9 Å². The molecule has 1 aliphatic heterocycles. The van der Waals surface area contributed by atoms with E-state index in [1.807, 2.05) is 10.8 Å². The Hall–Kier alpha value is -0.880. The molecule has 102 valence electrons. The van der Waals surface area contributed by atoms with Crippen LogP contribution in [0.15, 0.2) is 12.4 Å². The molecular formula is C12H20N2O3S. The minimum Gasteiger partial charge on any atom is -0.385 e. The first-order chi connectivity index (χ1) is 8.52. The fourth-order valence-corrected chi connectivity index (χ4v) is 4.41. The first-order valence-electron chi connectivity index (χ1n) is 6.41. The minimum atomic E-state index is -2.87. The smallest absolute Gasteiger partial charge is 0.150 e. The van der Waals surface area contributed by atoms with E-state index in [4.69, 9.17) is 0 Å². The molecule has 1 aliphatic rings. The average molecular weight is 272 g/mol. The lowest BCUT2D eigenvalue weighted by Gasteiger charge is -2.15. The van der Waals surface area contributed by atoms with Crippen molar-refractivity contribution >= 4 is 9.84 Å². The van der Waals surface area contributed by atoms with Crippen molar-refractivity contribution in [2.24, 2.45) is 5.92 Å². The summed E-state index contributed by atoms with van der Waals surface area (Å²) in [5.74, 6) is 1.18. The van der Waals surface area contributed by atoms with Crippen LogP contribution in [0.2, 0.25) is 0 Å². The molecule has 1 aromatic heterocycles. The molecule has 0 radical (unpaired) electrons. The van der Waals surface area contributed by atoms with Crippen LogP contribution in [-0.2, 0) is 16.4 Å². The molecule has 0 saturated carbocycles. The van der Waals surface area contributed by atoms with Gasteiger partial charge in [-0.15, -0.1) is 0 Å². The van der Waals surface area contributed by atoms with E-state index in [-0.39, 0.29) is 17.4 Å². The van der Waals surface area contributed by atoms with E-state index in [1.165, 1.54) is 0 Å². The van der Waals surface area contributed by atoms with E-state index in [1.54, 1.807) is 6.20 Å². The molecular weight excluding hydrogens is 252 g/mol. The first kappa shape index (κ1) is 13.5. The Morgan fingerprint density at radius 1 is 1.61 bits per heavy atom. The largest absolute Gasteiger partial charge is 0.385 e. The van der Waals surface area contributed by atoms with Crippen LogP contribution in [0.4, 0.5) is 0 Å². The number of aromatic nitrogens is 2. The third kappa shape index (κ3) is 3.11. The summed E-state index contributed by atoms with van der Waals surface area (Å²) in [4.78, 5) is 4.18. The van der Waals surface area contributed by atoms with Crippen LogP contribution in [0.25, 0.3) is 0 Å². The van der Waals surface area contributed by atoms with E-state index in [0.29, 0.717) is 18.7 Å². The van der Waals surface area contributed by atoms with Crippen molar-refractivity contribution in [1.29, 1.82) is 0 Å². The summed E-state index contributed by atoms with van der Waals surface area (Å²) in [6.07, 6.45) is 5.00. The van der Waals surface area contributed by atoms with Crippen LogP contribution >= 0.6 is 0 Å². The summed E-state index contributed by atoms with van der Waals surface area (Å²) < 4.78 is 24.7. The SMILES string of the molecule is CCCn1ccnc1C(O)CC1CCS(=O)(=O)C1. The Balaban J connectivity index is 1.99. The van der Waals surface area contributed by atoms with Gasteiger partial charge in [0.15, 0.2) is 9.84 Å². The number of hydrogen-bond acceptors (Lipinski definition) is 4. The predicted molar refractivity (Wildman–Crippen MR) is 68.9 cm³/mol. The zero-order chi connectivity index (χ0) is 13.2. The van der Waals surface area contributed by atoms with Crippen molar-refractivity contribution in [3.63, 3.8) is 0 Å². The number of nitrogens with zero attached hydrogens (tertiary/aromatic N) is 2. The van der Waals surface area contributed by atoms with Gasteiger partial charge in [-0.05, 0) is 25.2 Å². The van der Waals surface area contributed by atoms with Crippen LogP contribution in [0.3, 0.4) is 0 Å². The maximum Gasteiger partial charge on any atom is 0.150 e. The minimum absolute atomic E-state index is 0.0665. The van der Waals surface area contributed by atoms with Gasteiger partial charge in [0.05, 0.1) is 11.5 Å². The predicted octanol–water partition coefficient (Wildman–Crippen LogP) is 1.15. The fraction of sp³-hybridized carbons (Fsp3) is 0.750. The van der Waals surface area contributed by atoms with Gasteiger partial charge in [0, 0.05) is 18.9 Å². The normalized spacial score (nSPS) is 24.2. The number of hydrogen-bond donors (Lipinski definition) is 1. The second-order valence-corrected chi connectivity index (χ2v) is 7.23. The lowest BCUT2D eigenvalue weighted by Crippen LogP contribution is -2.14. The fourth-order valence-electron chi connectivity index (χ4n) is 2.53. The highest BCUT2D eigenvalue weighted by atomic mass is 32.2. The monoisotopic (exact) mass is 272 g/mol. The van der Waals surface area contributed by atoms with Gasteiger partial charge in [-0.3, -0.25) is 0 Å². The van der Waals surface area contributed by atoms with E-state index in [0.717, 1.165) is 13.0 Å². The van der Waals surface area contributed by atoms with Crippen LogP contribution in [0.5, 0.6) is 0 Å². The van der Waals surface area contributed by atoms with Gasteiger partial charge in [0.25, 0.3) is 0 Å². The second-order valence-electron chi connectivity index (χ2n) is 5.00. The average Bonchev–Trinajstić information content (AvgIpc) is 2.86. The van der Waals surface area contributed by atoms with Crippen LogP contribution in [0, 0.1) is 5.92 Å². The zero-order valence-corrected chi connectivity index (χ0v) is 11.4. The van der Waals surface area contributed by atoms with Gasteiger partial charge >= 0.3 is 0 Å². The summed E-state index contributed by atoms with van der Waals surface area (Å²) in [6.45, 7) is 2.90. The van der Waals surface area contributed by atoms with E-state index >= 15 is 0 Å². The number of imidazole rings is 1. The molecule has 0 aromatic carbocycles. The molecule has 18 heavy (non-hydrogen) atoms. The number of aryl methyl sites for hydroxylation is 1. The highest BCUT2D eigenvalue weighted by Gasteiger charge is 2.30. The van der Waals surface area contributed by atoms with Crippen molar-refractivity contribution in [2.75, 3.05) is 11.5 Å². The third-order valence-electron chi connectivity index (χ3n) is 3.39. The molecule has 0 amide bonds. The molecule has 1 aromatic rings. The molecule has 2 rings (SSSR count). The van der Waals surface area contributed by atoms with Crippen LogP contribution in [-0.4, -0.2) is 34.6 Å². The highest BCUT2D eigenvalue weighted by Crippen LogP contribution is 2.28. The maximum atomic E-state index is 11.4. The van der Waals surface area contributed by atoms with Gasteiger partial charge in [0.2, 0.25) is 0 Å². The second kappa shape index (κ2) is 5.40. The third-order valence-corrected chi connectivity index (χ3v) is 5.23.